The fourth-order valence-electron chi connectivity index (χ4n) is 1.66. The summed E-state index contributed by atoms with van der Waals surface area (Å²) >= 11 is 0. The molecule has 0 radical (unpaired) electrons. The number of hydrogen-bond acceptors (Lipinski definition) is 4. The molecule has 19 heavy (non-hydrogen) atoms. The summed E-state index contributed by atoms with van der Waals surface area (Å²) in [6.07, 6.45) is 0. The van der Waals surface area contributed by atoms with Crippen LogP contribution in [0.4, 0.5) is 5.69 Å². The molecule has 0 spiro atoms. The van der Waals surface area contributed by atoms with Crippen molar-refractivity contribution in [1.82, 2.24) is 5.32 Å². The van der Waals surface area contributed by atoms with E-state index in [1.165, 1.54) is 7.11 Å². The highest BCUT2D eigenvalue weighted by Crippen LogP contribution is 2.19. The number of amides is 2. The quantitative estimate of drug-likeness (QED) is 0.674. The molecule has 1 unspecified atom stereocenters. The van der Waals surface area contributed by atoms with Gasteiger partial charge in [0.25, 0.3) is 5.91 Å². The third kappa shape index (κ3) is 3.61. The lowest BCUT2D eigenvalue weighted by molar-refractivity contribution is -0.120. The van der Waals surface area contributed by atoms with Gasteiger partial charge in [-0.15, -0.1) is 0 Å². The predicted molar refractivity (Wildman–Crippen MR) is 72.7 cm³/mol. The first-order chi connectivity index (χ1) is 8.86. The molecule has 0 heterocycles. The molecule has 1 atom stereocenters. The molecule has 0 aliphatic carbocycles. The van der Waals surface area contributed by atoms with Gasteiger partial charge < -0.3 is 21.5 Å². The van der Waals surface area contributed by atoms with E-state index < -0.39 is 17.9 Å². The second-order valence-corrected chi connectivity index (χ2v) is 4.55. The van der Waals surface area contributed by atoms with Gasteiger partial charge in [0, 0.05) is 11.8 Å². The van der Waals surface area contributed by atoms with Crippen molar-refractivity contribution >= 4 is 17.5 Å². The zero-order valence-corrected chi connectivity index (χ0v) is 11.3. The Morgan fingerprint density at radius 1 is 1.32 bits per heavy atom. The van der Waals surface area contributed by atoms with Crippen molar-refractivity contribution in [2.24, 2.45) is 11.7 Å². The number of nitrogen functional groups attached to an aromatic ring is 1. The number of carbonyl (C=O) groups excluding carboxylic acids is 2. The molecular formula is C13H19N3O3. The molecule has 1 aromatic carbocycles. The van der Waals surface area contributed by atoms with Crippen LogP contribution in [0.3, 0.4) is 0 Å². The Balaban J connectivity index is 2.91. The summed E-state index contributed by atoms with van der Waals surface area (Å²) in [5, 5.41) is 2.58. The number of rotatable bonds is 5. The van der Waals surface area contributed by atoms with Crippen molar-refractivity contribution in [3.63, 3.8) is 0 Å². The molecule has 1 aromatic rings. The van der Waals surface area contributed by atoms with Crippen LogP contribution >= 0.6 is 0 Å². The smallest absolute Gasteiger partial charge is 0.254 e. The number of primary amides is 1. The van der Waals surface area contributed by atoms with Gasteiger partial charge in [0.05, 0.1) is 12.7 Å². The second kappa shape index (κ2) is 6.08. The molecule has 6 nitrogen and oxygen atoms in total. The van der Waals surface area contributed by atoms with Crippen molar-refractivity contribution in [1.29, 1.82) is 0 Å². The first-order valence-electron chi connectivity index (χ1n) is 5.90. The standard InChI is InChI=1S/C13H19N3O3/c1-7(2)11(12(15)17)16-13(18)9-5-4-8(19-3)6-10(9)14/h4-7,11H,14H2,1-3H3,(H2,15,17)(H,16,18). The number of methoxy groups -OCH3 is 1. The van der Waals surface area contributed by atoms with Crippen LogP contribution in [-0.2, 0) is 4.79 Å². The number of nitrogens with two attached hydrogens (primary N) is 2. The summed E-state index contributed by atoms with van der Waals surface area (Å²) in [6.45, 7) is 3.60. The molecular weight excluding hydrogens is 246 g/mol. The zero-order chi connectivity index (χ0) is 14.6. The Kier molecular flexibility index (Phi) is 4.74. The summed E-state index contributed by atoms with van der Waals surface area (Å²) < 4.78 is 5.00. The van der Waals surface area contributed by atoms with Gasteiger partial charge in [0.15, 0.2) is 0 Å². The number of carbonyl (C=O) groups is 2. The Morgan fingerprint density at radius 3 is 2.37 bits per heavy atom. The monoisotopic (exact) mass is 265 g/mol. The topological polar surface area (TPSA) is 107 Å². The van der Waals surface area contributed by atoms with Crippen LogP contribution < -0.4 is 21.5 Å². The Hall–Kier alpha value is -2.24. The maximum absolute atomic E-state index is 12.0. The van der Waals surface area contributed by atoms with Gasteiger partial charge in [-0.1, -0.05) is 13.8 Å². The van der Waals surface area contributed by atoms with E-state index in [-0.39, 0.29) is 17.2 Å². The lowest BCUT2D eigenvalue weighted by atomic mass is 10.0. The van der Waals surface area contributed by atoms with Crippen LogP contribution in [0.15, 0.2) is 18.2 Å². The van der Waals surface area contributed by atoms with Crippen molar-refractivity contribution in [3.05, 3.63) is 23.8 Å². The van der Waals surface area contributed by atoms with Crippen LogP contribution in [0.1, 0.15) is 24.2 Å². The highest BCUT2D eigenvalue weighted by atomic mass is 16.5. The lowest BCUT2D eigenvalue weighted by Gasteiger charge is -2.19. The number of hydrogen-bond donors (Lipinski definition) is 3. The largest absolute Gasteiger partial charge is 0.497 e. The van der Waals surface area contributed by atoms with Gasteiger partial charge in [-0.2, -0.15) is 0 Å². The average molecular weight is 265 g/mol. The van der Waals surface area contributed by atoms with E-state index in [2.05, 4.69) is 5.32 Å². The highest BCUT2D eigenvalue weighted by molar-refractivity contribution is 6.01. The molecule has 0 fully saturated rings. The molecule has 0 aliphatic rings. The number of nitrogens with one attached hydrogen (secondary N) is 1. The molecule has 6 heteroatoms. The summed E-state index contributed by atoms with van der Waals surface area (Å²) in [5.41, 5.74) is 11.6. The van der Waals surface area contributed by atoms with Crippen LogP contribution in [-0.4, -0.2) is 25.0 Å². The van der Waals surface area contributed by atoms with Crippen LogP contribution in [0.5, 0.6) is 5.75 Å². The molecule has 1 rings (SSSR count). The van der Waals surface area contributed by atoms with Crippen molar-refractivity contribution < 1.29 is 14.3 Å². The minimum Gasteiger partial charge on any atom is -0.497 e. The maximum atomic E-state index is 12.0. The third-order valence-corrected chi connectivity index (χ3v) is 2.76. The number of anilines is 1. The number of ether oxygens (including phenoxy) is 1. The van der Waals surface area contributed by atoms with Gasteiger partial charge in [-0.25, -0.2) is 0 Å². The van der Waals surface area contributed by atoms with Gasteiger partial charge >= 0.3 is 0 Å². The van der Waals surface area contributed by atoms with E-state index in [4.69, 9.17) is 16.2 Å². The van der Waals surface area contributed by atoms with Gasteiger partial charge in [0.1, 0.15) is 11.8 Å². The molecule has 0 aliphatic heterocycles. The lowest BCUT2D eigenvalue weighted by Crippen LogP contribution is -2.47. The van der Waals surface area contributed by atoms with Crippen molar-refractivity contribution in [2.75, 3.05) is 12.8 Å². The highest BCUT2D eigenvalue weighted by Gasteiger charge is 2.23. The van der Waals surface area contributed by atoms with E-state index in [1.54, 1.807) is 32.0 Å². The molecule has 2 amide bonds. The Labute approximate surface area is 112 Å². The first-order valence-corrected chi connectivity index (χ1v) is 5.90. The fraction of sp³-hybridized carbons (Fsp3) is 0.385. The van der Waals surface area contributed by atoms with E-state index in [0.717, 1.165) is 0 Å². The molecule has 104 valence electrons. The normalized spacial score (nSPS) is 12.0. The fourth-order valence-corrected chi connectivity index (χ4v) is 1.66. The molecule has 0 saturated carbocycles. The summed E-state index contributed by atoms with van der Waals surface area (Å²) in [5.74, 6) is -0.543. The van der Waals surface area contributed by atoms with Crippen LogP contribution in [0.2, 0.25) is 0 Å². The second-order valence-electron chi connectivity index (χ2n) is 4.55. The first kappa shape index (κ1) is 14.8. The van der Waals surface area contributed by atoms with Crippen molar-refractivity contribution in [3.8, 4) is 5.75 Å². The number of benzene rings is 1. The Bertz CT molecular complexity index is 486. The summed E-state index contributed by atoms with van der Waals surface area (Å²) in [6, 6.07) is 3.99. The van der Waals surface area contributed by atoms with E-state index >= 15 is 0 Å². The predicted octanol–water partition coefficient (Wildman–Crippen LogP) is 0.517. The average Bonchev–Trinajstić information content (AvgIpc) is 2.34. The zero-order valence-electron chi connectivity index (χ0n) is 11.3. The van der Waals surface area contributed by atoms with Crippen molar-refractivity contribution in [2.45, 2.75) is 19.9 Å². The van der Waals surface area contributed by atoms with Gasteiger partial charge in [-0.05, 0) is 18.1 Å². The van der Waals surface area contributed by atoms with Gasteiger partial charge in [0.2, 0.25) is 5.91 Å². The summed E-state index contributed by atoms with van der Waals surface area (Å²) in [7, 11) is 1.51. The van der Waals surface area contributed by atoms with Gasteiger partial charge in [-0.3, -0.25) is 9.59 Å². The van der Waals surface area contributed by atoms with E-state index in [9.17, 15) is 9.59 Å². The van der Waals surface area contributed by atoms with E-state index in [0.29, 0.717) is 5.75 Å². The van der Waals surface area contributed by atoms with E-state index in [1.807, 2.05) is 0 Å². The maximum Gasteiger partial charge on any atom is 0.254 e. The summed E-state index contributed by atoms with van der Waals surface area (Å²) in [4.78, 5) is 23.3. The molecule has 0 aromatic heterocycles. The molecule has 0 bridgehead atoms. The van der Waals surface area contributed by atoms with Crippen LogP contribution in [0.25, 0.3) is 0 Å². The minimum atomic E-state index is -0.728. The van der Waals surface area contributed by atoms with Crippen LogP contribution in [0, 0.1) is 5.92 Å². The SMILES string of the molecule is COc1ccc(C(=O)NC(C(N)=O)C(C)C)c(N)c1. The molecule has 5 N–H and O–H groups in total. The molecule has 0 saturated heterocycles. The third-order valence-electron chi connectivity index (χ3n) is 2.76. The Morgan fingerprint density at radius 2 is 1.95 bits per heavy atom. The minimum absolute atomic E-state index is 0.0964.